The second-order valence-corrected chi connectivity index (χ2v) is 7.06. The molecule has 2 heterocycles. The highest BCUT2D eigenvalue weighted by atomic mass is 16.2. The number of nitrogens with zero attached hydrogens (tertiary/aromatic N) is 4. The van der Waals surface area contributed by atoms with Crippen LogP contribution in [0.4, 0.5) is 5.69 Å². The number of anilines is 1. The highest BCUT2D eigenvalue weighted by Crippen LogP contribution is 2.16. The van der Waals surface area contributed by atoms with Crippen molar-refractivity contribution < 1.29 is 9.59 Å². The van der Waals surface area contributed by atoms with Crippen LogP contribution in [-0.4, -0.2) is 77.9 Å². The van der Waals surface area contributed by atoms with E-state index in [1.165, 1.54) is 0 Å². The Hall–Kier alpha value is -2.84. The van der Waals surface area contributed by atoms with Gasteiger partial charge in [-0.2, -0.15) is 0 Å². The molecule has 0 aliphatic rings. The van der Waals surface area contributed by atoms with Gasteiger partial charge in [-0.15, -0.1) is 0 Å². The first-order valence-corrected chi connectivity index (χ1v) is 9.64. The van der Waals surface area contributed by atoms with Gasteiger partial charge in [-0.25, -0.2) is 0 Å². The molecule has 29 heavy (non-hydrogen) atoms. The topological polar surface area (TPSA) is 90.5 Å². The fraction of sp³-hybridized carbons (Fsp3) is 0.429. The van der Waals surface area contributed by atoms with Crippen molar-refractivity contribution in [1.29, 1.82) is 0 Å². The van der Waals surface area contributed by atoms with Gasteiger partial charge in [0, 0.05) is 26.3 Å². The molecule has 2 N–H and O–H groups in total. The Morgan fingerprint density at radius 3 is 2.07 bits per heavy atom. The number of hydrogen-bond donors (Lipinski definition) is 2. The number of hydrogen-bond acceptors (Lipinski definition) is 6. The standard InChI is InChI=1S/C21H30N6O2/c1-15(20(28)22-3)26(4)12-13-27(5)16(2)21(29)25-17-9-10-19(24-14-17)18-8-6-7-11-23-18/h6-11,14-16H,12-13H2,1-5H3,(H,22,28)(H,25,29)/t15-,16+/m1/s1. The van der Waals surface area contributed by atoms with Crippen LogP contribution in [0.2, 0.25) is 0 Å². The first-order chi connectivity index (χ1) is 13.8. The molecule has 0 aliphatic heterocycles. The molecular weight excluding hydrogens is 368 g/mol. The average Bonchev–Trinajstić information content (AvgIpc) is 2.76. The summed E-state index contributed by atoms with van der Waals surface area (Å²) in [7, 11) is 5.42. The van der Waals surface area contributed by atoms with Gasteiger partial charge in [-0.1, -0.05) is 6.07 Å². The van der Waals surface area contributed by atoms with Gasteiger partial charge >= 0.3 is 0 Å². The van der Waals surface area contributed by atoms with Crippen LogP contribution in [0, 0.1) is 0 Å². The minimum atomic E-state index is -0.325. The lowest BCUT2D eigenvalue weighted by atomic mass is 10.2. The molecular formula is C21H30N6O2. The highest BCUT2D eigenvalue weighted by Gasteiger charge is 2.21. The number of nitrogens with one attached hydrogen (secondary N) is 2. The molecule has 8 nitrogen and oxygen atoms in total. The predicted octanol–water partition coefficient (Wildman–Crippen LogP) is 1.47. The molecule has 0 saturated heterocycles. The van der Waals surface area contributed by atoms with E-state index < -0.39 is 0 Å². The quantitative estimate of drug-likeness (QED) is 0.665. The minimum Gasteiger partial charge on any atom is -0.358 e. The number of rotatable bonds is 9. The Labute approximate surface area is 172 Å². The summed E-state index contributed by atoms with van der Waals surface area (Å²) in [5.74, 6) is -0.135. The normalized spacial score (nSPS) is 13.2. The zero-order valence-electron chi connectivity index (χ0n) is 17.7. The second kappa shape index (κ2) is 10.6. The summed E-state index contributed by atoms with van der Waals surface area (Å²) in [6.45, 7) is 5.04. The second-order valence-electron chi connectivity index (χ2n) is 7.06. The molecule has 2 rings (SSSR count). The molecule has 2 aromatic heterocycles. The van der Waals surface area contributed by atoms with Crippen molar-refractivity contribution in [2.45, 2.75) is 25.9 Å². The van der Waals surface area contributed by atoms with E-state index in [-0.39, 0.29) is 23.9 Å². The molecule has 0 radical (unpaired) electrons. The van der Waals surface area contributed by atoms with E-state index in [1.54, 1.807) is 19.4 Å². The number of likely N-dealkylation sites (N-methyl/N-ethyl adjacent to an activating group) is 3. The summed E-state index contributed by atoms with van der Waals surface area (Å²) in [6, 6.07) is 8.76. The van der Waals surface area contributed by atoms with Crippen molar-refractivity contribution in [2.75, 3.05) is 39.5 Å². The first kappa shape index (κ1) is 22.4. The van der Waals surface area contributed by atoms with E-state index in [4.69, 9.17) is 0 Å². The van der Waals surface area contributed by atoms with E-state index in [2.05, 4.69) is 20.6 Å². The van der Waals surface area contributed by atoms with E-state index in [0.717, 1.165) is 11.4 Å². The van der Waals surface area contributed by atoms with Crippen LogP contribution >= 0.6 is 0 Å². The van der Waals surface area contributed by atoms with Gasteiger partial charge in [0.2, 0.25) is 11.8 Å². The number of amides is 2. The number of aromatic nitrogens is 2. The Morgan fingerprint density at radius 1 is 0.931 bits per heavy atom. The fourth-order valence-corrected chi connectivity index (χ4v) is 2.69. The monoisotopic (exact) mass is 398 g/mol. The lowest BCUT2D eigenvalue weighted by Crippen LogP contribution is -2.47. The van der Waals surface area contributed by atoms with Gasteiger partial charge in [0.1, 0.15) is 0 Å². The van der Waals surface area contributed by atoms with Gasteiger partial charge in [-0.05, 0) is 52.2 Å². The highest BCUT2D eigenvalue weighted by molar-refractivity contribution is 5.94. The summed E-state index contributed by atoms with van der Waals surface area (Å²) in [4.78, 5) is 36.8. The fourth-order valence-electron chi connectivity index (χ4n) is 2.69. The molecule has 0 fully saturated rings. The maximum absolute atomic E-state index is 12.6. The van der Waals surface area contributed by atoms with Crippen molar-refractivity contribution in [3.63, 3.8) is 0 Å². The van der Waals surface area contributed by atoms with Gasteiger partial charge < -0.3 is 10.6 Å². The van der Waals surface area contributed by atoms with Crippen molar-refractivity contribution in [2.24, 2.45) is 0 Å². The summed E-state index contributed by atoms with van der Waals surface area (Å²) >= 11 is 0. The molecule has 0 aromatic carbocycles. The van der Waals surface area contributed by atoms with E-state index >= 15 is 0 Å². The Kier molecular flexibility index (Phi) is 8.23. The zero-order valence-corrected chi connectivity index (χ0v) is 17.7. The molecule has 156 valence electrons. The van der Waals surface area contributed by atoms with Crippen LogP contribution in [0.1, 0.15) is 13.8 Å². The van der Waals surface area contributed by atoms with Crippen molar-refractivity contribution >= 4 is 17.5 Å². The van der Waals surface area contributed by atoms with Crippen LogP contribution in [0.3, 0.4) is 0 Å². The van der Waals surface area contributed by atoms with Crippen LogP contribution < -0.4 is 10.6 Å². The maximum atomic E-state index is 12.6. The molecule has 2 aromatic rings. The summed E-state index contributed by atoms with van der Waals surface area (Å²) < 4.78 is 0. The minimum absolute atomic E-state index is 0.0254. The van der Waals surface area contributed by atoms with Crippen LogP contribution in [0.5, 0.6) is 0 Å². The van der Waals surface area contributed by atoms with Crippen LogP contribution in [0.25, 0.3) is 11.4 Å². The van der Waals surface area contributed by atoms with Gasteiger partial charge in [0.15, 0.2) is 0 Å². The van der Waals surface area contributed by atoms with Crippen molar-refractivity contribution in [1.82, 2.24) is 25.1 Å². The maximum Gasteiger partial charge on any atom is 0.241 e. The molecule has 0 aliphatic carbocycles. The summed E-state index contributed by atoms with van der Waals surface area (Å²) in [6.07, 6.45) is 3.35. The third-order valence-corrected chi connectivity index (χ3v) is 5.09. The van der Waals surface area contributed by atoms with Crippen molar-refractivity contribution in [3.05, 3.63) is 42.7 Å². The summed E-state index contributed by atoms with van der Waals surface area (Å²) in [5.41, 5.74) is 2.18. The average molecular weight is 399 g/mol. The lowest BCUT2D eigenvalue weighted by molar-refractivity contribution is -0.125. The van der Waals surface area contributed by atoms with Gasteiger partial charge in [0.05, 0.1) is 35.4 Å². The van der Waals surface area contributed by atoms with Crippen LogP contribution in [-0.2, 0) is 9.59 Å². The lowest BCUT2D eigenvalue weighted by Gasteiger charge is -2.28. The smallest absolute Gasteiger partial charge is 0.241 e. The van der Waals surface area contributed by atoms with Crippen molar-refractivity contribution in [3.8, 4) is 11.4 Å². The first-order valence-electron chi connectivity index (χ1n) is 9.64. The Bertz CT molecular complexity index is 797. The number of carbonyl (C=O) groups excluding carboxylic acids is 2. The molecule has 2 amide bonds. The third kappa shape index (κ3) is 6.33. The largest absolute Gasteiger partial charge is 0.358 e. The number of carbonyl (C=O) groups is 2. The third-order valence-electron chi connectivity index (χ3n) is 5.09. The molecule has 0 unspecified atom stereocenters. The summed E-state index contributed by atoms with van der Waals surface area (Å²) in [5, 5.41) is 5.55. The predicted molar refractivity (Wildman–Crippen MR) is 114 cm³/mol. The Morgan fingerprint density at radius 2 is 1.55 bits per heavy atom. The van der Waals surface area contributed by atoms with E-state index in [9.17, 15) is 9.59 Å². The molecule has 0 saturated carbocycles. The zero-order chi connectivity index (χ0) is 21.4. The SMILES string of the molecule is CNC(=O)[C@@H](C)N(C)CCN(C)[C@@H](C)C(=O)Nc1ccc(-c2ccccn2)nc1. The van der Waals surface area contributed by atoms with Crippen LogP contribution in [0.15, 0.2) is 42.7 Å². The van der Waals surface area contributed by atoms with Gasteiger partial charge in [0.25, 0.3) is 0 Å². The number of pyridine rings is 2. The molecule has 0 bridgehead atoms. The van der Waals surface area contributed by atoms with E-state index in [0.29, 0.717) is 18.8 Å². The van der Waals surface area contributed by atoms with Gasteiger partial charge in [-0.3, -0.25) is 29.4 Å². The molecule has 2 atom stereocenters. The van der Waals surface area contributed by atoms with E-state index in [1.807, 2.05) is 68.1 Å². The Balaban J connectivity index is 1.87. The molecule has 0 spiro atoms. The molecule has 8 heteroatoms.